The molecule has 0 saturated carbocycles. The van der Waals surface area contributed by atoms with Crippen LogP contribution in [0.4, 0.5) is 0 Å². The average molecular weight is 443 g/mol. The van der Waals surface area contributed by atoms with Gasteiger partial charge in [-0.25, -0.2) is 5.43 Å². The number of nitrogens with zero attached hydrogens (tertiary/aromatic N) is 2. The number of amides is 1. The highest BCUT2D eigenvalue weighted by Gasteiger charge is 2.12. The summed E-state index contributed by atoms with van der Waals surface area (Å²) in [7, 11) is 1.53. The van der Waals surface area contributed by atoms with Crippen molar-refractivity contribution >= 4 is 44.0 Å². The summed E-state index contributed by atoms with van der Waals surface area (Å²) >= 11 is 6.73. The highest BCUT2D eigenvalue weighted by atomic mass is 79.9. The van der Waals surface area contributed by atoms with E-state index in [1.54, 1.807) is 36.7 Å². The lowest BCUT2D eigenvalue weighted by molar-refractivity contribution is -0.123. The summed E-state index contributed by atoms with van der Waals surface area (Å²) in [6.07, 6.45) is 4.81. The van der Waals surface area contributed by atoms with E-state index >= 15 is 0 Å². The third kappa shape index (κ3) is 5.33. The SMILES string of the molecule is COc1cc(Br)cc(Br)c1OCC(=O)NN=Cc1ccncc1. The topological polar surface area (TPSA) is 72.8 Å². The Bertz CT molecular complexity index is 709. The molecular weight excluding hydrogens is 430 g/mol. The Labute approximate surface area is 150 Å². The molecule has 0 aliphatic carbocycles. The number of carbonyl (C=O) groups excluding carboxylic acids is 1. The summed E-state index contributed by atoms with van der Waals surface area (Å²) in [4.78, 5) is 15.7. The second-order valence-electron chi connectivity index (χ2n) is 4.28. The molecule has 0 unspecified atom stereocenters. The molecular formula is C15H13Br2N3O3. The second-order valence-corrected chi connectivity index (χ2v) is 6.05. The van der Waals surface area contributed by atoms with Crippen LogP contribution in [0.5, 0.6) is 11.5 Å². The maximum atomic E-state index is 11.8. The highest BCUT2D eigenvalue weighted by Crippen LogP contribution is 2.38. The van der Waals surface area contributed by atoms with Gasteiger partial charge >= 0.3 is 0 Å². The van der Waals surface area contributed by atoms with Gasteiger partial charge < -0.3 is 9.47 Å². The molecule has 1 aromatic heterocycles. The minimum absolute atomic E-state index is 0.190. The molecule has 0 saturated heterocycles. The number of methoxy groups -OCH3 is 1. The molecule has 1 aromatic carbocycles. The van der Waals surface area contributed by atoms with Crippen LogP contribution in [0.2, 0.25) is 0 Å². The molecule has 8 heteroatoms. The zero-order chi connectivity index (χ0) is 16.7. The van der Waals surface area contributed by atoms with Gasteiger partial charge in [-0.2, -0.15) is 5.10 Å². The van der Waals surface area contributed by atoms with Crippen molar-refractivity contribution in [1.29, 1.82) is 0 Å². The number of hydrogen-bond donors (Lipinski definition) is 1. The summed E-state index contributed by atoms with van der Waals surface area (Å²) in [5.41, 5.74) is 3.22. The number of benzene rings is 1. The van der Waals surface area contributed by atoms with Crippen LogP contribution in [0.15, 0.2) is 50.7 Å². The Morgan fingerprint density at radius 2 is 2.09 bits per heavy atom. The predicted molar refractivity (Wildman–Crippen MR) is 93.9 cm³/mol. The molecule has 1 heterocycles. The molecule has 23 heavy (non-hydrogen) atoms. The molecule has 0 spiro atoms. The molecule has 1 N–H and O–H groups in total. The molecule has 0 aliphatic rings. The van der Waals surface area contributed by atoms with Gasteiger partial charge in [0.05, 0.1) is 17.8 Å². The fourth-order valence-electron chi connectivity index (χ4n) is 1.63. The number of carbonyl (C=O) groups is 1. The van der Waals surface area contributed by atoms with Gasteiger partial charge in [0.15, 0.2) is 18.1 Å². The van der Waals surface area contributed by atoms with Gasteiger partial charge in [0.1, 0.15) is 0 Å². The number of nitrogens with one attached hydrogen (secondary N) is 1. The molecule has 2 aromatic rings. The summed E-state index contributed by atoms with van der Waals surface area (Å²) in [5, 5.41) is 3.85. The quantitative estimate of drug-likeness (QED) is 0.550. The van der Waals surface area contributed by atoms with Crippen molar-refractivity contribution in [2.75, 3.05) is 13.7 Å². The summed E-state index contributed by atoms with van der Waals surface area (Å²) in [5.74, 6) is 0.579. The maximum Gasteiger partial charge on any atom is 0.277 e. The van der Waals surface area contributed by atoms with Gasteiger partial charge in [-0.1, -0.05) is 15.9 Å². The van der Waals surface area contributed by atoms with Gasteiger partial charge in [-0.05, 0) is 45.8 Å². The summed E-state index contributed by atoms with van der Waals surface area (Å²) < 4.78 is 12.2. The molecule has 2 rings (SSSR count). The number of rotatable bonds is 6. The van der Waals surface area contributed by atoms with Crippen molar-refractivity contribution in [1.82, 2.24) is 10.4 Å². The first-order chi connectivity index (χ1) is 11.1. The molecule has 0 bridgehead atoms. The number of ether oxygens (including phenoxy) is 2. The van der Waals surface area contributed by atoms with Gasteiger partial charge in [-0.3, -0.25) is 9.78 Å². The number of halogens is 2. The minimum Gasteiger partial charge on any atom is -0.493 e. The predicted octanol–water partition coefficient (Wildman–Crippen LogP) is 3.14. The van der Waals surface area contributed by atoms with Gasteiger partial charge in [0, 0.05) is 16.9 Å². The molecule has 1 amide bonds. The fraction of sp³-hybridized carbons (Fsp3) is 0.133. The minimum atomic E-state index is -0.382. The lowest BCUT2D eigenvalue weighted by Crippen LogP contribution is -2.24. The largest absolute Gasteiger partial charge is 0.493 e. The van der Waals surface area contributed by atoms with E-state index < -0.39 is 0 Å². The van der Waals surface area contributed by atoms with E-state index in [0.29, 0.717) is 16.0 Å². The summed E-state index contributed by atoms with van der Waals surface area (Å²) in [6.45, 7) is -0.190. The Balaban J connectivity index is 1.91. The number of hydrazone groups is 1. The number of aromatic nitrogens is 1. The zero-order valence-corrected chi connectivity index (χ0v) is 15.3. The molecule has 120 valence electrons. The first kappa shape index (κ1) is 17.4. The van der Waals surface area contributed by atoms with Crippen molar-refractivity contribution in [3.8, 4) is 11.5 Å². The van der Waals surface area contributed by atoms with Crippen LogP contribution in [0.3, 0.4) is 0 Å². The smallest absolute Gasteiger partial charge is 0.277 e. The van der Waals surface area contributed by atoms with Crippen LogP contribution in [-0.4, -0.2) is 30.8 Å². The molecule has 0 radical (unpaired) electrons. The van der Waals surface area contributed by atoms with Gasteiger partial charge in [-0.15, -0.1) is 0 Å². The van der Waals surface area contributed by atoms with E-state index in [1.165, 1.54) is 13.3 Å². The third-order valence-electron chi connectivity index (χ3n) is 2.65. The number of hydrogen-bond acceptors (Lipinski definition) is 5. The lowest BCUT2D eigenvalue weighted by atomic mass is 10.3. The van der Waals surface area contributed by atoms with Crippen LogP contribution in [0.25, 0.3) is 0 Å². The fourth-order valence-corrected chi connectivity index (χ4v) is 2.93. The Hall–Kier alpha value is -1.93. The van der Waals surface area contributed by atoms with Crippen molar-refractivity contribution < 1.29 is 14.3 Å². The van der Waals surface area contributed by atoms with Crippen LogP contribution < -0.4 is 14.9 Å². The average Bonchev–Trinajstić information content (AvgIpc) is 2.54. The maximum absolute atomic E-state index is 11.8. The zero-order valence-electron chi connectivity index (χ0n) is 12.1. The van der Waals surface area contributed by atoms with Crippen molar-refractivity contribution in [2.45, 2.75) is 0 Å². The Kier molecular flexibility index (Phi) is 6.54. The van der Waals surface area contributed by atoms with Crippen LogP contribution in [0, 0.1) is 0 Å². The van der Waals surface area contributed by atoms with E-state index in [4.69, 9.17) is 9.47 Å². The molecule has 6 nitrogen and oxygen atoms in total. The third-order valence-corrected chi connectivity index (χ3v) is 3.70. The van der Waals surface area contributed by atoms with E-state index in [1.807, 2.05) is 0 Å². The first-order valence-corrected chi connectivity index (χ1v) is 8.06. The van der Waals surface area contributed by atoms with Gasteiger partial charge in [0.25, 0.3) is 5.91 Å². The van der Waals surface area contributed by atoms with Crippen molar-refractivity contribution in [3.05, 3.63) is 51.2 Å². The monoisotopic (exact) mass is 441 g/mol. The van der Waals surface area contributed by atoms with E-state index in [2.05, 4.69) is 47.4 Å². The standard InChI is InChI=1S/C15H13Br2N3O3/c1-22-13-7-11(16)6-12(17)15(13)23-9-14(21)20-19-8-10-2-4-18-5-3-10/h2-8H,9H2,1H3,(H,20,21). The van der Waals surface area contributed by atoms with Crippen molar-refractivity contribution in [3.63, 3.8) is 0 Å². The Morgan fingerprint density at radius 3 is 2.78 bits per heavy atom. The van der Waals surface area contributed by atoms with Crippen LogP contribution in [-0.2, 0) is 4.79 Å². The normalized spacial score (nSPS) is 10.6. The second kappa shape index (κ2) is 8.64. The van der Waals surface area contributed by atoms with Gasteiger partial charge in [0.2, 0.25) is 0 Å². The molecule has 0 atom stereocenters. The lowest BCUT2D eigenvalue weighted by Gasteiger charge is -2.12. The highest BCUT2D eigenvalue weighted by molar-refractivity contribution is 9.11. The van der Waals surface area contributed by atoms with Crippen LogP contribution in [0.1, 0.15) is 5.56 Å². The number of pyridine rings is 1. The first-order valence-electron chi connectivity index (χ1n) is 6.48. The Morgan fingerprint density at radius 1 is 1.35 bits per heavy atom. The van der Waals surface area contributed by atoms with Crippen LogP contribution >= 0.6 is 31.9 Å². The van der Waals surface area contributed by atoms with E-state index in [9.17, 15) is 4.79 Å². The van der Waals surface area contributed by atoms with E-state index in [0.717, 1.165) is 10.0 Å². The van der Waals surface area contributed by atoms with Crippen molar-refractivity contribution in [2.24, 2.45) is 5.10 Å². The van der Waals surface area contributed by atoms with E-state index in [-0.39, 0.29) is 12.5 Å². The summed E-state index contributed by atoms with van der Waals surface area (Å²) in [6, 6.07) is 7.10. The molecule has 0 fully saturated rings. The molecule has 0 aliphatic heterocycles.